The number of hydrogen-bond donors (Lipinski definition) is 1. The van der Waals surface area contributed by atoms with Gasteiger partial charge in [0.25, 0.3) is 0 Å². The van der Waals surface area contributed by atoms with Gasteiger partial charge in [0, 0.05) is 17.5 Å². The number of nitrogens with one attached hydrogen (secondary N) is 1. The lowest BCUT2D eigenvalue weighted by molar-refractivity contribution is 0.424. The van der Waals surface area contributed by atoms with Crippen LogP contribution in [0.5, 0.6) is 0 Å². The summed E-state index contributed by atoms with van der Waals surface area (Å²) in [6.45, 7) is 7.29. The molecule has 0 aromatic carbocycles. The van der Waals surface area contributed by atoms with Crippen molar-refractivity contribution in [1.29, 1.82) is 0 Å². The van der Waals surface area contributed by atoms with Crippen LogP contribution in [0.15, 0.2) is 10.8 Å². The molecule has 0 aliphatic heterocycles. The van der Waals surface area contributed by atoms with E-state index in [2.05, 4.69) is 31.5 Å². The van der Waals surface area contributed by atoms with E-state index in [1.807, 2.05) is 5.38 Å². The van der Waals surface area contributed by atoms with Crippen molar-refractivity contribution in [2.45, 2.75) is 32.9 Å². The minimum atomic E-state index is 0.158. The summed E-state index contributed by atoms with van der Waals surface area (Å²) in [6.07, 6.45) is 0. The van der Waals surface area contributed by atoms with Crippen LogP contribution < -0.4 is 5.32 Å². The lowest BCUT2D eigenvalue weighted by atomic mass is 10.1. The van der Waals surface area contributed by atoms with Crippen LogP contribution in [0.25, 0.3) is 0 Å². The van der Waals surface area contributed by atoms with Gasteiger partial charge in [0.15, 0.2) is 0 Å². The molecular weight excluding hydrogens is 190 g/mol. The monoisotopic (exact) mass is 203 g/mol. The van der Waals surface area contributed by atoms with Crippen molar-refractivity contribution in [2.75, 3.05) is 0 Å². The lowest BCUT2D eigenvalue weighted by Gasteiger charge is -2.20. The molecule has 0 amide bonds. The Balaban J connectivity index is 2.49. The van der Waals surface area contributed by atoms with Crippen LogP contribution in [-0.2, 0) is 6.54 Å². The zero-order chi connectivity index (χ0) is 9.19. The van der Waals surface area contributed by atoms with Crippen LogP contribution in [0.2, 0.25) is 5.02 Å². The maximum atomic E-state index is 5.94. The molecule has 1 N–H and O–H groups in total. The van der Waals surface area contributed by atoms with Crippen molar-refractivity contribution in [3.63, 3.8) is 0 Å². The van der Waals surface area contributed by atoms with Crippen molar-refractivity contribution >= 4 is 22.9 Å². The Morgan fingerprint density at radius 1 is 1.42 bits per heavy atom. The van der Waals surface area contributed by atoms with E-state index in [0.29, 0.717) is 0 Å². The maximum Gasteiger partial charge on any atom is 0.0557 e. The molecule has 0 unspecified atom stereocenters. The smallest absolute Gasteiger partial charge is 0.0557 e. The molecule has 0 fully saturated rings. The Labute approximate surface area is 82.7 Å². The third kappa shape index (κ3) is 3.13. The topological polar surface area (TPSA) is 12.0 Å². The zero-order valence-corrected chi connectivity index (χ0v) is 9.22. The third-order valence-electron chi connectivity index (χ3n) is 1.50. The van der Waals surface area contributed by atoms with Gasteiger partial charge in [-0.3, -0.25) is 0 Å². The Hall–Kier alpha value is -0.0500. The molecule has 0 aliphatic rings. The number of hydrogen-bond acceptors (Lipinski definition) is 2. The Bertz CT molecular complexity index is 249. The van der Waals surface area contributed by atoms with E-state index in [0.717, 1.165) is 11.6 Å². The summed E-state index contributed by atoms with van der Waals surface area (Å²) < 4.78 is 0. The molecule has 12 heavy (non-hydrogen) atoms. The molecule has 0 saturated heterocycles. The molecule has 1 rings (SSSR count). The molecule has 1 aromatic heterocycles. The van der Waals surface area contributed by atoms with Gasteiger partial charge in [0.1, 0.15) is 0 Å². The molecule has 1 heterocycles. The maximum absolute atomic E-state index is 5.94. The molecule has 3 heteroatoms. The Morgan fingerprint density at radius 2 is 2.08 bits per heavy atom. The summed E-state index contributed by atoms with van der Waals surface area (Å²) in [5, 5.41) is 8.30. The van der Waals surface area contributed by atoms with E-state index in [9.17, 15) is 0 Å². The minimum absolute atomic E-state index is 0.158. The normalized spacial score (nSPS) is 12.0. The largest absolute Gasteiger partial charge is 0.308 e. The van der Waals surface area contributed by atoms with Crippen LogP contribution >= 0.6 is 22.9 Å². The van der Waals surface area contributed by atoms with Gasteiger partial charge in [-0.15, -0.1) is 0 Å². The average molecular weight is 204 g/mol. The summed E-state index contributed by atoms with van der Waals surface area (Å²) in [5.74, 6) is 0. The second-order valence-corrected chi connectivity index (χ2v) is 5.00. The molecule has 1 aromatic rings. The fourth-order valence-corrected chi connectivity index (χ4v) is 1.85. The summed E-state index contributed by atoms with van der Waals surface area (Å²) >= 11 is 7.58. The predicted molar refractivity (Wildman–Crippen MR) is 55.9 cm³/mol. The van der Waals surface area contributed by atoms with Gasteiger partial charge < -0.3 is 5.32 Å². The van der Waals surface area contributed by atoms with Gasteiger partial charge in [-0.1, -0.05) is 11.6 Å². The lowest BCUT2D eigenvalue weighted by Crippen LogP contribution is -2.34. The van der Waals surface area contributed by atoms with Crippen molar-refractivity contribution in [3.8, 4) is 0 Å². The quantitative estimate of drug-likeness (QED) is 0.778. The Morgan fingerprint density at radius 3 is 2.50 bits per heavy atom. The van der Waals surface area contributed by atoms with Crippen LogP contribution in [0.3, 0.4) is 0 Å². The second kappa shape index (κ2) is 3.77. The van der Waals surface area contributed by atoms with Crippen LogP contribution in [-0.4, -0.2) is 5.54 Å². The first kappa shape index (κ1) is 10.0. The Kier molecular flexibility index (Phi) is 3.16. The summed E-state index contributed by atoms with van der Waals surface area (Å²) in [5.41, 5.74) is 1.35. The second-order valence-electron chi connectivity index (χ2n) is 3.85. The van der Waals surface area contributed by atoms with Crippen LogP contribution in [0.1, 0.15) is 26.3 Å². The van der Waals surface area contributed by atoms with E-state index < -0.39 is 0 Å². The van der Waals surface area contributed by atoms with Crippen molar-refractivity contribution < 1.29 is 0 Å². The van der Waals surface area contributed by atoms with Crippen LogP contribution in [0.4, 0.5) is 0 Å². The molecule has 0 atom stereocenters. The molecule has 0 radical (unpaired) electrons. The van der Waals surface area contributed by atoms with Gasteiger partial charge in [-0.25, -0.2) is 0 Å². The van der Waals surface area contributed by atoms with E-state index >= 15 is 0 Å². The van der Waals surface area contributed by atoms with Gasteiger partial charge in [0.05, 0.1) is 5.02 Å². The molecule has 0 bridgehead atoms. The van der Waals surface area contributed by atoms with E-state index in [1.165, 1.54) is 5.56 Å². The third-order valence-corrected chi connectivity index (χ3v) is 2.77. The van der Waals surface area contributed by atoms with E-state index in [-0.39, 0.29) is 5.54 Å². The van der Waals surface area contributed by atoms with Gasteiger partial charge >= 0.3 is 0 Å². The standard InChI is InChI=1S/C9H14ClNS/c1-9(2,3)11-4-7-5-12-6-8(7)10/h5-6,11H,4H2,1-3H3. The highest BCUT2D eigenvalue weighted by atomic mass is 35.5. The van der Waals surface area contributed by atoms with Crippen molar-refractivity contribution in [2.24, 2.45) is 0 Å². The first-order chi connectivity index (χ1) is 5.49. The first-order valence-corrected chi connectivity index (χ1v) is 5.27. The number of thiophene rings is 1. The first-order valence-electron chi connectivity index (χ1n) is 3.94. The zero-order valence-electron chi connectivity index (χ0n) is 7.65. The molecular formula is C9H14ClNS. The number of halogens is 1. The molecule has 68 valence electrons. The molecule has 1 nitrogen and oxygen atoms in total. The molecule has 0 aliphatic carbocycles. The molecule has 0 saturated carbocycles. The fraction of sp³-hybridized carbons (Fsp3) is 0.556. The average Bonchev–Trinajstić information content (AvgIpc) is 2.29. The summed E-state index contributed by atoms with van der Waals surface area (Å²) in [4.78, 5) is 0. The van der Waals surface area contributed by atoms with Crippen LogP contribution in [0, 0.1) is 0 Å². The van der Waals surface area contributed by atoms with Gasteiger partial charge in [-0.05, 0) is 31.7 Å². The summed E-state index contributed by atoms with van der Waals surface area (Å²) in [6, 6.07) is 0. The fourth-order valence-electron chi connectivity index (χ4n) is 0.794. The highest BCUT2D eigenvalue weighted by Crippen LogP contribution is 2.20. The minimum Gasteiger partial charge on any atom is -0.308 e. The highest BCUT2D eigenvalue weighted by molar-refractivity contribution is 7.08. The van der Waals surface area contributed by atoms with Gasteiger partial charge in [-0.2, -0.15) is 11.3 Å². The summed E-state index contributed by atoms with van der Waals surface area (Å²) in [7, 11) is 0. The van der Waals surface area contributed by atoms with Crippen molar-refractivity contribution in [3.05, 3.63) is 21.3 Å². The SMILES string of the molecule is CC(C)(C)NCc1cscc1Cl. The van der Waals surface area contributed by atoms with Gasteiger partial charge in [0.2, 0.25) is 0 Å². The van der Waals surface area contributed by atoms with E-state index in [4.69, 9.17) is 11.6 Å². The van der Waals surface area contributed by atoms with E-state index in [1.54, 1.807) is 11.3 Å². The highest BCUT2D eigenvalue weighted by Gasteiger charge is 2.09. The predicted octanol–water partition coefficient (Wildman–Crippen LogP) is 3.29. The molecule has 0 spiro atoms. The van der Waals surface area contributed by atoms with Crippen molar-refractivity contribution in [1.82, 2.24) is 5.32 Å². The number of rotatable bonds is 2.